The standard InChI is InChI=1S/C28H29N5S/c1-2-7-23-18(5-1)15-19-6-3-4-12-28(19)31-22-10-8-20(16-24(22)33(23)28)30-21-9-11-26-25(17-21)32-14-13-29-27(32)34-26/h8-11,16-17,19H,1-7,12-15H2/t19-,28-/m1/s1. The maximum absolute atomic E-state index is 5.48. The average Bonchev–Trinajstić information content (AvgIpc) is 3.54. The first-order valence-corrected chi connectivity index (χ1v) is 13.8. The summed E-state index contributed by atoms with van der Waals surface area (Å²) in [6.07, 6.45) is 18.3. The molecule has 0 radical (unpaired) electrons. The zero-order valence-corrected chi connectivity index (χ0v) is 20.3. The van der Waals surface area contributed by atoms with E-state index in [2.05, 4.69) is 51.2 Å². The van der Waals surface area contributed by atoms with Crippen molar-refractivity contribution in [3.63, 3.8) is 0 Å². The molecule has 1 aromatic rings. The summed E-state index contributed by atoms with van der Waals surface area (Å²) in [7, 11) is 0. The number of aliphatic imine (C=N–C) groups is 3. The largest absolute Gasteiger partial charge is 0.318 e. The Morgan fingerprint density at radius 1 is 1.09 bits per heavy atom. The van der Waals surface area contributed by atoms with E-state index in [1.54, 1.807) is 23.0 Å². The second-order valence-corrected chi connectivity index (χ2v) is 11.6. The number of nitrogens with zero attached hydrogens (tertiary/aromatic N) is 5. The molecule has 4 heterocycles. The molecule has 7 aliphatic rings. The summed E-state index contributed by atoms with van der Waals surface area (Å²) >= 11 is 1.78. The molecule has 6 heteroatoms. The van der Waals surface area contributed by atoms with Crippen LogP contribution in [0.3, 0.4) is 0 Å². The number of hydrogen-bond donors (Lipinski definition) is 0. The Balaban J connectivity index is 1.20. The third kappa shape index (κ3) is 2.72. The van der Waals surface area contributed by atoms with Crippen LogP contribution in [0.2, 0.25) is 0 Å². The number of benzene rings is 1. The Kier molecular flexibility index (Phi) is 4.17. The van der Waals surface area contributed by atoms with Gasteiger partial charge in [-0.05, 0) is 99.6 Å². The van der Waals surface area contributed by atoms with Crippen LogP contribution in [0, 0.1) is 5.92 Å². The predicted octanol–water partition coefficient (Wildman–Crippen LogP) is 6.37. The molecule has 0 bridgehead atoms. The molecule has 2 atom stereocenters. The number of amidine groups is 1. The maximum atomic E-state index is 5.48. The topological polar surface area (TPSA) is 43.6 Å². The van der Waals surface area contributed by atoms with E-state index in [-0.39, 0.29) is 5.66 Å². The van der Waals surface area contributed by atoms with Gasteiger partial charge in [-0.3, -0.25) is 9.98 Å². The fourth-order valence-electron chi connectivity index (χ4n) is 7.22. The average molecular weight is 468 g/mol. The third-order valence-corrected chi connectivity index (χ3v) is 9.81. The Hall–Kier alpha value is -2.60. The molecule has 1 spiro atoms. The molecule has 0 amide bonds. The van der Waals surface area contributed by atoms with Crippen LogP contribution in [0.4, 0.5) is 11.4 Å². The molecule has 34 heavy (non-hydrogen) atoms. The number of thioether (sulfide) groups is 1. The molecule has 4 aliphatic heterocycles. The number of anilines is 1. The van der Waals surface area contributed by atoms with E-state index >= 15 is 0 Å². The maximum Gasteiger partial charge on any atom is 0.168 e. The van der Waals surface area contributed by atoms with Crippen molar-refractivity contribution in [3.05, 3.63) is 53.4 Å². The fraction of sp³-hybridized carbons (Fsp3) is 0.464. The van der Waals surface area contributed by atoms with Crippen LogP contribution in [0.15, 0.2) is 73.3 Å². The van der Waals surface area contributed by atoms with Crippen molar-refractivity contribution < 1.29 is 0 Å². The minimum absolute atomic E-state index is 0.0360. The molecule has 3 aliphatic carbocycles. The highest BCUT2D eigenvalue weighted by Crippen LogP contribution is 2.56. The highest BCUT2D eigenvalue weighted by atomic mass is 32.2. The van der Waals surface area contributed by atoms with E-state index in [9.17, 15) is 0 Å². The summed E-state index contributed by atoms with van der Waals surface area (Å²) in [4.78, 5) is 21.5. The van der Waals surface area contributed by atoms with Crippen LogP contribution in [0.25, 0.3) is 0 Å². The van der Waals surface area contributed by atoms with Crippen molar-refractivity contribution >= 4 is 39.7 Å². The van der Waals surface area contributed by atoms with Gasteiger partial charge in [0, 0.05) is 23.1 Å². The SMILES string of the molecule is C1=CC2=N[C@@]34CCCC[C@@H]3CC3=C(CCCC3)N4C2=CC1=Nc1ccc2c(c1)N1CCN=C1S2. The highest BCUT2D eigenvalue weighted by molar-refractivity contribution is 8.14. The van der Waals surface area contributed by atoms with Gasteiger partial charge < -0.3 is 9.80 Å². The summed E-state index contributed by atoms with van der Waals surface area (Å²) in [5.41, 5.74) is 9.06. The second-order valence-electron chi connectivity index (χ2n) is 10.6. The van der Waals surface area contributed by atoms with E-state index in [1.807, 2.05) is 0 Å². The third-order valence-electron chi connectivity index (χ3n) is 8.71. The van der Waals surface area contributed by atoms with Crippen molar-refractivity contribution in [1.82, 2.24) is 4.90 Å². The second kappa shape index (κ2) is 7.20. The highest BCUT2D eigenvalue weighted by Gasteiger charge is 2.55. The zero-order valence-electron chi connectivity index (χ0n) is 19.5. The Labute approximate surface area is 205 Å². The molecule has 5 nitrogen and oxygen atoms in total. The number of fused-ring (bicyclic) bond motifs is 6. The lowest BCUT2D eigenvalue weighted by Crippen LogP contribution is -2.53. The molecule has 172 valence electrons. The van der Waals surface area contributed by atoms with Gasteiger partial charge in [-0.25, -0.2) is 4.99 Å². The molecule has 1 saturated carbocycles. The molecular weight excluding hydrogens is 438 g/mol. The molecule has 0 N–H and O–H groups in total. The first-order chi connectivity index (χ1) is 16.8. The van der Waals surface area contributed by atoms with Crippen molar-refractivity contribution in [1.29, 1.82) is 0 Å². The van der Waals surface area contributed by atoms with E-state index < -0.39 is 0 Å². The van der Waals surface area contributed by atoms with Gasteiger partial charge in [-0.1, -0.05) is 12.0 Å². The lowest BCUT2D eigenvalue weighted by Gasteiger charge is -2.52. The molecule has 1 fully saturated rings. The number of hydrogen-bond acceptors (Lipinski definition) is 6. The summed E-state index contributed by atoms with van der Waals surface area (Å²) in [5.74, 6) is 0.663. The van der Waals surface area contributed by atoms with Crippen molar-refractivity contribution in [2.75, 3.05) is 18.0 Å². The monoisotopic (exact) mass is 467 g/mol. The van der Waals surface area contributed by atoms with Gasteiger partial charge in [0.15, 0.2) is 5.17 Å². The predicted molar refractivity (Wildman–Crippen MR) is 140 cm³/mol. The van der Waals surface area contributed by atoms with E-state index in [4.69, 9.17) is 9.98 Å². The summed E-state index contributed by atoms with van der Waals surface area (Å²) < 4.78 is 0. The van der Waals surface area contributed by atoms with E-state index in [0.717, 1.165) is 29.7 Å². The van der Waals surface area contributed by atoms with Gasteiger partial charge in [-0.2, -0.15) is 0 Å². The van der Waals surface area contributed by atoms with E-state index in [1.165, 1.54) is 79.8 Å². The molecule has 1 aromatic carbocycles. The lowest BCUT2D eigenvalue weighted by molar-refractivity contribution is 0.0498. The Morgan fingerprint density at radius 2 is 2.06 bits per heavy atom. The molecule has 0 saturated heterocycles. The number of rotatable bonds is 1. The normalized spacial score (nSPS) is 31.9. The van der Waals surface area contributed by atoms with Crippen molar-refractivity contribution in [2.24, 2.45) is 20.9 Å². The van der Waals surface area contributed by atoms with Crippen LogP contribution in [0.1, 0.15) is 57.8 Å². The van der Waals surface area contributed by atoms with Crippen LogP contribution in [0.5, 0.6) is 0 Å². The quantitative estimate of drug-likeness (QED) is 0.451. The Morgan fingerprint density at radius 3 is 3.06 bits per heavy atom. The van der Waals surface area contributed by atoms with Crippen LogP contribution >= 0.6 is 11.8 Å². The van der Waals surface area contributed by atoms with Crippen molar-refractivity contribution in [3.8, 4) is 0 Å². The zero-order chi connectivity index (χ0) is 22.3. The summed E-state index contributed by atoms with van der Waals surface area (Å²) in [6.45, 7) is 1.88. The van der Waals surface area contributed by atoms with Gasteiger partial charge in [0.1, 0.15) is 5.66 Å². The van der Waals surface area contributed by atoms with Gasteiger partial charge in [-0.15, -0.1) is 0 Å². The minimum atomic E-state index is -0.0360. The molecular formula is C28H29N5S. The van der Waals surface area contributed by atoms with Crippen LogP contribution < -0.4 is 4.90 Å². The van der Waals surface area contributed by atoms with Crippen molar-refractivity contribution in [2.45, 2.75) is 68.3 Å². The van der Waals surface area contributed by atoms with Gasteiger partial charge in [0.25, 0.3) is 0 Å². The summed E-state index contributed by atoms with van der Waals surface area (Å²) in [5, 5.41) is 1.14. The molecule has 8 rings (SSSR count). The number of allylic oxidation sites excluding steroid dienone is 5. The first kappa shape index (κ1) is 19.7. The first-order valence-electron chi connectivity index (χ1n) is 13.0. The van der Waals surface area contributed by atoms with Gasteiger partial charge in [0.05, 0.1) is 35.0 Å². The molecule has 0 aromatic heterocycles. The summed E-state index contributed by atoms with van der Waals surface area (Å²) in [6, 6.07) is 6.58. The minimum Gasteiger partial charge on any atom is -0.318 e. The van der Waals surface area contributed by atoms with E-state index in [0.29, 0.717) is 5.92 Å². The lowest BCUT2D eigenvalue weighted by atomic mass is 9.70. The van der Waals surface area contributed by atoms with Gasteiger partial charge in [0.2, 0.25) is 0 Å². The smallest absolute Gasteiger partial charge is 0.168 e. The van der Waals surface area contributed by atoms with Crippen LogP contribution in [-0.2, 0) is 0 Å². The fourth-order valence-corrected chi connectivity index (χ4v) is 8.28. The Bertz CT molecular complexity index is 1300. The molecule has 0 unspecified atom stereocenters. The van der Waals surface area contributed by atoms with Gasteiger partial charge >= 0.3 is 0 Å². The van der Waals surface area contributed by atoms with Crippen LogP contribution in [-0.4, -0.2) is 40.2 Å².